The highest BCUT2D eigenvalue weighted by Crippen LogP contribution is 2.10. The van der Waals surface area contributed by atoms with Crippen LogP contribution in [0, 0.1) is 0 Å². The highest BCUT2D eigenvalue weighted by Gasteiger charge is 2.08. The summed E-state index contributed by atoms with van der Waals surface area (Å²) < 4.78 is 0. The van der Waals surface area contributed by atoms with Gasteiger partial charge in [0, 0.05) is 25.9 Å². The van der Waals surface area contributed by atoms with E-state index < -0.39 is 5.97 Å². The van der Waals surface area contributed by atoms with Crippen molar-refractivity contribution in [1.82, 2.24) is 5.48 Å². The molecule has 28 heavy (non-hydrogen) atoms. The van der Waals surface area contributed by atoms with Gasteiger partial charge in [0.2, 0.25) is 0 Å². The summed E-state index contributed by atoms with van der Waals surface area (Å²) in [6.07, 6.45) is 21.9. The first-order valence-electron chi connectivity index (χ1n) is 11.5. The molecule has 5 heteroatoms. The van der Waals surface area contributed by atoms with Gasteiger partial charge in [-0.15, -0.1) is 0 Å². The van der Waals surface area contributed by atoms with Gasteiger partial charge in [0.15, 0.2) is 0 Å². The minimum atomic E-state index is -0.397. The molecular formula is C23H44N2O3. The second-order valence-electron chi connectivity index (χ2n) is 7.53. The molecule has 0 atom stereocenters. The standard InChI is InChI=1S/C23H44N2O3/c1-2-3-4-5-6-7-8-9-10-11-12-13-14-15-16-17-22(26)18-19-23(27)28-25-21-20-24/h9-10,25H,2-8,11-21,24H2,1H3/b10-9-. The summed E-state index contributed by atoms with van der Waals surface area (Å²) in [4.78, 5) is 27.8. The number of ketones is 1. The lowest BCUT2D eigenvalue weighted by atomic mass is 10.1. The Morgan fingerprint density at radius 1 is 0.786 bits per heavy atom. The predicted molar refractivity (Wildman–Crippen MR) is 117 cm³/mol. The molecule has 3 N–H and O–H groups in total. The van der Waals surface area contributed by atoms with Crippen molar-refractivity contribution in [2.24, 2.45) is 5.73 Å². The maximum atomic E-state index is 11.8. The van der Waals surface area contributed by atoms with Crippen LogP contribution in [0.2, 0.25) is 0 Å². The van der Waals surface area contributed by atoms with Crippen LogP contribution in [-0.4, -0.2) is 24.8 Å². The molecule has 0 aromatic rings. The van der Waals surface area contributed by atoms with Crippen LogP contribution in [0.4, 0.5) is 0 Å². The van der Waals surface area contributed by atoms with Crippen LogP contribution in [0.25, 0.3) is 0 Å². The number of rotatable bonds is 21. The predicted octanol–water partition coefficient (Wildman–Crippen LogP) is 5.38. The average Bonchev–Trinajstić information content (AvgIpc) is 2.69. The van der Waals surface area contributed by atoms with E-state index in [1.807, 2.05) is 0 Å². The maximum Gasteiger partial charge on any atom is 0.325 e. The monoisotopic (exact) mass is 396 g/mol. The number of unbranched alkanes of at least 4 members (excludes halogenated alkanes) is 11. The van der Waals surface area contributed by atoms with Crippen molar-refractivity contribution >= 4 is 11.8 Å². The second kappa shape index (κ2) is 22.1. The van der Waals surface area contributed by atoms with Crippen molar-refractivity contribution in [2.75, 3.05) is 13.1 Å². The summed E-state index contributed by atoms with van der Waals surface area (Å²) in [6.45, 7) is 3.09. The van der Waals surface area contributed by atoms with E-state index in [9.17, 15) is 9.59 Å². The Kier molecular flexibility index (Phi) is 21.1. The highest BCUT2D eigenvalue weighted by molar-refractivity contribution is 5.82. The fourth-order valence-electron chi connectivity index (χ4n) is 3.00. The Bertz CT molecular complexity index is 397. The van der Waals surface area contributed by atoms with E-state index in [2.05, 4.69) is 24.6 Å². The van der Waals surface area contributed by atoms with E-state index in [0.717, 1.165) is 12.8 Å². The number of nitrogens with one attached hydrogen (secondary N) is 1. The molecule has 5 nitrogen and oxygen atoms in total. The highest BCUT2D eigenvalue weighted by atomic mass is 16.7. The summed E-state index contributed by atoms with van der Waals surface area (Å²) >= 11 is 0. The minimum absolute atomic E-state index is 0.140. The molecule has 0 radical (unpaired) electrons. The zero-order chi connectivity index (χ0) is 20.7. The van der Waals surface area contributed by atoms with Crippen LogP contribution < -0.4 is 11.2 Å². The fraction of sp³-hybridized carbons (Fsp3) is 0.826. The van der Waals surface area contributed by atoms with Crippen molar-refractivity contribution in [3.8, 4) is 0 Å². The Balaban J connectivity index is 3.30. The SMILES string of the molecule is CCCCCCCC/C=C\CCCCCCCC(=O)CCC(=O)ONCCN. The van der Waals surface area contributed by atoms with Crippen LogP contribution in [0.1, 0.15) is 110 Å². The molecule has 0 saturated heterocycles. The molecule has 0 aromatic carbocycles. The number of hydrogen-bond donors (Lipinski definition) is 2. The third kappa shape index (κ3) is 21.1. The van der Waals surface area contributed by atoms with Gasteiger partial charge in [-0.2, -0.15) is 5.48 Å². The van der Waals surface area contributed by atoms with Crippen molar-refractivity contribution in [2.45, 2.75) is 110 Å². The van der Waals surface area contributed by atoms with Crippen molar-refractivity contribution < 1.29 is 14.4 Å². The normalized spacial score (nSPS) is 11.2. The number of carbonyl (C=O) groups excluding carboxylic acids is 2. The van der Waals surface area contributed by atoms with Crippen molar-refractivity contribution in [1.29, 1.82) is 0 Å². The first-order valence-corrected chi connectivity index (χ1v) is 11.5. The van der Waals surface area contributed by atoms with Gasteiger partial charge < -0.3 is 10.6 Å². The van der Waals surface area contributed by atoms with E-state index in [-0.39, 0.29) is 18.6 Å². The van der Waals surface area contributed by atoms with Crippen LogP contribution in [0.5, 0.6) is 0 Å². The molecule has 0 rings (SSSR count). The lowest BCUT2D eigenvalue weighted by molar-refractivity contribution is -0.151. The fourth-order valence-corrected chi connectivity index (χ4v) is 3.00. The number of hydroxylamine groups is 1. The number of carbonyl (C=O) groups is 2. The van der Waals surface area contributed by atoms with E-state index in [1.54, 1.807) is 0 Å². The Morgan fingerprint density at radius 3 is 1.96 bits per heavy atom. The maximum absolute atomic E-state index is 11.8. The average molecular weight is 397 g/mol. The van der Waals surface area contributed by atoms with Crippen molar-refractivity contribution in [3.63, 3.8) is 0 Å². The Labute approximate surface area is 172 Å². The number of hydrogen-bond acceptors (Lipinski definition) is 5. The molecule has 0 fully saturated rings. The topological polar surface area (TPSA) is 81.4 Å². The smallest absolute Gasteiger partial charge is 0.325 e. The zero-order valence-electron chi connectivity index (χ0n) is 18.2. The van der Waals surface area contributed by atoms with Gasteiger partial charge in [-0.3, -0.25) is 9.59 Å². The summed E-state index contributed by atoms with van der Waals surface area (Å²) in [5.74, 6) is -0.250. The van der Waals surface area contributed by atoms with Crippen LogP contribution in [0.15, 0.2) is 12.2 Å². The summed E-state index contributed by atoms with van der Waals surface area (Å²) in [5.41, 5.74) is 7.74. The summed E-state index contributed by atoms with van der Waals surface area (Å²) in [5, 5.41) is 0. The number of allylic oxidation sites excluding steroid dienone is 2. The largest absolute Gasteiger partial charge is 0.371 e. The van der Waals surface area contributed by atoms with Crippen molar-refractivity contribution in [3.05, 3.63) is 12.2 Å². The van der Waals surface area contributed by atoms with E-state index >= 15 is 0 Å². The second-order valence-corrected chi connectivity index (χ2v) is 7.53. The van der Waals surface area contributed by atoms with E-state index in [4.69, 9.17) is 10.6 Å². The van der Waals surface area contributed by atoms with Gasteiger partial charge in [-0.1, -0.05) is 70.4 Å². The molecular weight excluding hydrogens is 352 g/mol. The van der Waals surface area contributed by atoms with Gasteiger partial charge in [0.05, 0.1) is 6.42 Å². The molecule has 0 bridgehead atoms. The zero-order valence-corrected chi connectivity index (χ0v) is 18.2. The minimum Gasteiger partial charge on any atom is -0.371 e. The molecule has 0 amide bonds. The lowest BCUT2D eigenvalue weighted by Crippen LogP contribution is -2.26. The van der Waals surface area contributed by atoms with Gasteiger partial charge >= 0.3 is 5.97 Å². The molecule has 0 aromatic heterocycles. The molecule has 0 aliphatic carbocycles. The quantitative estimate of drug-likeness (QED) is 0.155. The lowest BCUT2D eigenvalue weighted by Gasteiger charge is -2.04. The first kappa shape index (κ1) is 26.8. The molecule has 0 saturated carbocycles. The summed E-state index contributed by atoms with van der Waals surface area (Å²) in [6, 6.07) is 0. The molecule has 0 aliphatic heterocycles. The molecule has 0 aliphatic rings. The first-order chi connectivity index (χ1) is 13.7. The molecule has 164 valence electrons. The third-order valence-electron chi connectivity index (χ3n) is 4.76. The molecule has 0 unspecified atom stereocenters. The third-order valence-corrected chi connectivity index (χ3v) is 4.76. The van der Waals surface area contributed by atoms with Gasteiger partial charge in [-0.05, 0) is 32.1 Å². The van der Waals surface area contributed by atoms with Gasteiger partial charge in [0.25, 0.3) is 0 Å². The van der Waals surface area contributed by atoms with E-state index in [0.29, 0.717) is 19.5 Å². The van der Waals surface area contributed by atoms with Crippen LogP contribution in [0.3, 0.4) is 0 Å². The van der Waals surface area contributed by atoms with Crippen LogP contribution >= 0.6 is 0 Å². The molecule has 0 heterocycles. The number of Topliss-reactive ketones (excluding diaryl/α,β-unsaturated/α-hetero) is 1. The van der Waals surface area contributed by atoms with Crippen LogP contribution in [-0.2, 0) is 14.4 Å². The van der Waals surface area contributed by atoms with Gasteiger partial charge in [0.1, 0.15) is 5.78 Å². The van der Waals surface area contributed by atoms with Gasteiger partial charge in [-0.25, -0.2) is 0 Å². The summed E-state index contributed by atoms with van der Waals surface area (Å²) in [7, 11) is 0. The van der Waals surface area contributed by atoms with E-state index in [1.165, 1.54) is 70.6 Å². The molecule has 0 spiro atoms. The Morgan fingerprint density at radius 2 is 1.36 bits per heavy atom. The number of nitrogens with two attached hydrogens (primary N) is 1. The Hall–Kier alpha value is -1.20.